The molecule has 0 saturated carbocycles. The molecular formula is C48H81KO7S. The van der Waals surface area contributed by atoms with Crippen molar-refractivity contribution in [2.75, 3.05) is 13.2 Å². The summed E-state index contributed by atoms with van der Waals surface area (Å²) in [5.41, 5.74) is -0.358. The van der Waals surface area contributed by atoms with Crippen LogP contribution < -0.4 is 51.4 Å². The molecule has 1 rings (SSSR count). The van der Waals surface area contributed by atoms with E-state index in [-0.39, 0.29) is 75.7 Å². The van der Waals surface area contributed by atoms with Gasteiger partial charge in [-0.3, -0.25) is 0 Å². The van der Waals surface area contributed by atoms with Gasteiger partial charge >= 0.3 is 63.3 Å². The van der Waals surface area contributed by atoms with Gasteiger partial charge in [-0.25, -0.2) is 18.0 Å². The van der Waals surface area contributed by atoms with Crippen LogP contribution in [0.25, 0.3) is 0 Å². The number of allylic oxidation sites excluding steroid dienone is 4. The summed E-state index contributed by atoms with van der Waals surface area (Å²) in [6, 6.07) is 3.12. The van der Waals surface area contributed by atoms with Crippen molar-refractivity contribution in [3.05, 3.63) is 53.6 Å². The maximum absolute atomic E-state index is 12.9. The van der Waals surface area contributed by atoms with E-state index >= 15 is 0 Å². The average Bonchev–Trinajstić information content (AvgIpc) is 3.18. The minimum absolute atomic E-state index is 0. The summed E-state index contributed by atoms with van der Waals surface area (Å²) in [4.78, 5) is 25.2. The molecule has 1 aromatic rings. The Balaban J connectivity index is 0.0000314. The van der Waals surface area contributed by atoms with Gasteiger partial charge in [0, 0.05) is 0 Å². The van der Waals surface area contributed by atoms with E-state index in [1.807, 2.05) is 0 Å². The minimum Gasteiger partial charge on any atom is -0.744 e. The molecule has 0 aliphatic carbocycles. The van der Waals surface area contributed by atoms with Crippen LogP contribution in [0.4, 0.5) is 0 Å². The predicted molar refractivity (Wildman–Crippen MR) is 232 cm³/mol. The Morgan fingerprint density at radius 3 is 1.11 bits per heavy atom. The first-order valence-corrected chi connectivity index (χ1v) is 24.5. The topological polar surface area (TPSA) is 110 Å². The van der Waals surface area contributed by atoms with Crippen molar-refractivity contribution in [2.24, 2.45) is 0 Å². The Morgan fingerprint density at radius 1 is 0.474 bits per heavy atom. The molecule has 1 aromatic carbocycles. The molecule has 0 radical (unpaired) electrons. The molecule has 7 nitrogen and oxygen atoms in total. The zero-order valence-corrected chi connectivity index (χ0v) is 40.8. The van der Waals surface area contributed by atoms with Crippen LogP contribution in [-0.4, -0.2) is 38.1 Å². The molecule has 0 bridgehead atoms. The number of unbranched alkanes of at least 4 members (excludes halogenated alkanes) is 28. The summed E-state index contributed by atoms with van der Waals surface area (Å²) in [6.45, 7) is 4.86. The fourth-order valence-corrected chi connectivity index (χ4v) is 7.41. The number of esters is 2. The number of benzene rings is 1. The van der Waals surface area contributed by atoms with Crippen molar-refractivity contribution in [1.82, 2.24) is 0 Å². The van der Waals surface area contributed by atoms with E-state index in [0.29, 0.717) is 12.8 Å². The number of rotatable bonds is 39. The molecule has 57 heavy (non-hydrogen) atoms. The summed E-state index contributed by atoms with van der Waals surface area (Å²) < 4.78 is 45.8. The third kappa shape index (κ3) is 33.6. The fraction of sp³-hybridized carbons (Fsp3) is 0.750. The number of hydrogen-bond donors (Lipinski definition) is 0. The van der Waals surface area contributed by atoms with Gasteiger partial charge in [0.1, 0.15) is 10.1 Å². The van der Waals surface area contributed by atoms with Crippen LogP contribution in [0.1, 0.15) is 240 Å². The van der Waals surface area contributed by atoms with Gasteiger partial charge in [-0.1, -0.05) is 179 Å². The molecule has 0 N–H and O–H groups in total. The second kappa shape index (κ2) is 40.6. The van der Waals surface area contributed by atoms with Crippen molar-refractivity contribution < 1.29 is 83.4 Å². The Bertz CT molecular complexity index is 1280. The van der Waals surface area contributed by atoms with Crippen molar-refractivity contribution in [3.63, 3.8) is 0 Å². The summed E-state index contributed by atoms with van der Waals surface area (Å²) in [5, 5.41) is 0. The predicted octanol–water partition coefficient (Wildman–Crippen LogP) is 11.5. The van der Waals surface area contributed by atoms with E-state index in [4.69, 9.17) is 9.47 Å². The molecule has 0 heterocycles. The molecule has 9 heteroatoms. The molecule has 0 spiro atoms. The quantitative estimate of drug-likeness (QED) is 0.0213. The smallest absolute Gasteiger partial charge is 0.744 e. The van der Waals surface area contributed by atoms with Crippen LogP contribution in [0.2, 0.25) is 0 Å². The van der Waals surface area contributed by atoms with Gasteiger partial charge in [0.05, 0.1) is 29.2 Å². The molecule has 322 valence electrons. The molecule has 0 atom stereocenters. The molecule has 0 amide bonds. The molecule has 0 unspecified atom stereocenters. The first-order valence-electron chi connectivity index (χ1n) is 23.0. The minimum atomic E-state index is -4.82. The fourth-order valence-electron chi connectivity index (χ4n) is 6.92. The van der Waals surface area contributed by atoms with Crippen LogP contribution in [0, 0.1) is 0 Å². The van der Waals surface area contributed by atoms with Crippen molar-refractivity contribution in [1.29, 1.82) is 0 Å². The standard InChI is InChI=1S/C48H82O7S.K/c1-3-5-7-9-11-13-15-17-19-21-23-25-27-29-31-33-35-37-41-54-47(49)45-40-39-44(56(51,52)53)43-46(45)48(50)55-42-38-36-34-32-30-28-26-24-22-20-18-16-14-12-10-8-6-4-2;/h25-28,39-40,43H,3-24,29-38,41-42H2,1-2H3,(H,51,52,53);/q;+1/p-1/b27-25+,28-26+;. The summed E-state index contributed by atoms with van der Waals surface area (Å²) in [5.74, 6) is -1.57. The third-order valence-electron chi connectivity index (χ3n) is 10.5. The second-order valence-corrected chi connectivity index (χ2v) is 17.1. The molecule has 0 aromatic heterocycles. The monoisotopic (exact) mass is 841 g/mol. The molecule has 0 aliphatic heterocycles. The zero-order valence-electron chi connectivity index (χ0n) is 36.8. The number of carbonyl (C=O) groups excluding carboxylic acids is 2. The summed E-state index contributed by atoms with van der Waals surface area (Å²) in [7, 11) is -4.82. The first kappa shape index (κ1) is 56.2. The Morgan fingerprint density at radius 2 is 0.772 bits per heavy atom. The van der Waals surface area contributed by atoms with E-state index in [1.54, 1.807) is 0 Å². The van der Waals surface area contributed by atoms with Crippen LogP contribution in [0.5, 0.6) is 0 Å². The maximum Gasteiger partial charge on any atom is 1.00 e. The zero-order chi connectivity index (χ0) is 40.8. The Kier molecular flexibility index (Phi) is 40.0. The van der Waals surface area contributed by atoms with Crippen LogP contribution >= 0.6 is 0 Å². The van der Waals surface area contributed by atoms with Gasteiger partial charge < -0.3 is 14.0 Å². The number of ether oxygens (including phenoxy) is 2. The Hall–Kier alpha value is -0.814. The third-order valence-corrected chi connectivity index (χ3v) is 11.3. The van der Waals surface area contributed by atoms with Crippen LogP contribution in [-0.2, 0) is 19.6 Å². The van der Waals surface area contributed by atoms with E-state index in [2.05, 4.69) is 38.2 Å². The van der Waals surface area contributed by atoms with E-state index in [9.17, 15) is 22.6 Å². The Labute approximate surface area is 392 Å². The van der Waals surface area contributed by atoms with Gasteiger partial charge in [-0.05, 0) is 82.4 Å². The SMILES string of the molecule is CCCCCCCCCCCC/C=C/CCCCCCOC(=O)c1ccc(S(=O)(=O)[O-])cc1C(=O)OCCCCCC/C=C/CCCCCCCCCCCC.[K+]. The van der Waals surface area contributed by atoms with Gasteiger partial charge in [0.25, 0.3) is 0 Å². The van der Waals surface area contributed by atoms with Crippen LogP contribution in [0.15, 0.2) is 47.4 Å². The van der Waals surface area contributed by atoms with E-state index in [1.165, 1.54) is 128 Å². The molecule has 0 fully saturated rings. The number of carbonyl (C=O) groups is 2. The summed E-state index contributed by atoms with van der Waals surface area (Å²) >= 11 is 0. The van der Waals surface area contributed by atoms with E-state index in [0.717, 1.165) is 82.4 Å². The molecular weight excluding hydrogens is 760 g/mol. The normalized spacial score (nSPS) is 11.7. The first-order chi connectivity index (χ1) is 27.3. The van der Waals surface area contributed by atoms with Crippen LogP contribution in [0.3, 0.4) is 0 Å². The van der Waals surface area contributed by atoms with Gasteiger partial charge in [0.2, 0.25) is 0 Å². The van der Waals surface area contributed by atoms with Crippen molar-refractivity contribution in [3.8, 4) is 0 Å². The second-order valence-electron chi connectivity index (χ2n) is 15.7. The van der Waals surface area contributed by atoms with Gasteiger partial charge in [-0.2, -0.15) is 0 Å². The molecule has 0 saturated heterocycles. The molecule has 0 aliphatic rings. The maximum atomic E-state index is 12.9. The van der Waals surface area contributed by atoms with Gasteiger partial charge in [-0.15, -0.1) is 0 Å². The number of hydrogen-bond acceptors (Lipinski definition) is 7. The largest absolute Gasteiger partial charge is 1.00 e. The van der Waals surface area contributed by atoms with Crippen molar-refractivity contribution >= 4 is 22.1 Å². The van der Waals surface area contributed by atoms with Gasteiger partial charge in [0.15, 0.2) is 0 Å². The average molecular weight is 841 g/mol. The van der Waals surface area contributed by atoms with E-state index < -0.39 is 27.0 Å². The van der Waals surface area contributed by atoms with Crippen molar-refractivity contribution in [2.45, 2.75) is 224 Å². The summed E-state index contributed by atoms with van der Waals surface area (Å²) in [6.07, 6.45) is 48.0.